The summed E-state index contributed by atoms with van der Waals surface area (Å²) in [4.78, 5) is 12.3. The fraction of sp³-hybridized carbons (Fsp3) is 0.273. The molecule has 3 aromatic rings. The smallest absolute Gasteiger partial charge is 0.251 e. The summed E-state index contributed by atoms with van der Waals surface area (Å²) in [6.45, 7) is 5.16. The highest BCUT2D eigenvalue weighted by Gasteiger charge is 2.11. The minimum Gasteiger partial charge on any atom is -0.494 e. The summed E-state index contributed by atoms with van der Waals surface area (Å²) in [7, 11) is 0. The van der Waals surface area contributed by atoms with Gasteiger partial charge in [0.05, 0.1) is 17.9 Å². The maximum atomic E-state index is 12.3. The maximum absolute atomic E-state index is 12.3. The Morgan fingerprint density at radius 3 is 2.57 bits per heavy atom. The molecule has 0 bridgehead atoms. The zero-order chi connectivity index (χ0) is 19.8. The van der Waals surface area contributed by atoms with Gasteiger partial charge in [0.2, 0.25) is 0 Å². The number of carbonyl (C=O) groups is 1. The van der Waals surface area contributed by atoms with E-state index in [-0.39, 0.29) is 5.91 Å². The van der Waals surface area contributed by atoms with Crippen molar-refractivity contribution in [1.29, 1.82) is 0 Å². The molecule has 146 valence electrons. The maximum Gasteiger partial charge on any atom is 0.251 e. The summed E-state index contributed by atoms with van der Waals surface area (Å²) >= 11 is 0. The van der Waals surface area contributed by atoms with Crippen molar-refractivity contribution in [3.05, 3.63) is 77.2 Å². The molecular weight excluding hydrogens is 356 g/mol. The molecule has 0 fully saturated rings. The molecule has 0 spiro atoms. The highest BCUT2D eigenvalue weighted by atomic mass is 16.5. The van der Waals surface area contributed by atoms with E-state index in [1.807, 2.05) is 50.2 Å². The van der Waals surface area contributed by atoms with E-state index in [0.717, 1.165) is 29.2 Å². The molecule has 1 N–H and O–H groups in total. The van der Waals surface area contributed by atoms with Gasteiger partial charge in [0.15, 0.2) is 0 Å². The molecule has 1 heterocycles. The number of ether oxygens (including phenoxy) is 2. The minimum absolute atomic E-state index is 0.137. The first-order valence-electron chi connectivity index (χ1n) is 9.24. The Morgan fingerprint density at radius 2 is 1.82 bits per heavy atom. The van der Waals surface area contributed by atoms with Crippen molar-refractivity contribution in [2.45, 2.75) is 26.9 Å². The Bertz CT molecular complexity index is 886. The average molecular weight is 380 g/mol. The molecule has 2 aromatic carbocycles. The van der Waals surface area contributed by atoms with Gasteiger partial charge in [0.25, 0.3) is 5.91 Å². The Balaban J connectivity index is 1.44. The normalized spacial score (nSPS) is 10.5. The number of rotatable bonds is 9. The first-order valence-corrected chi connectivity index (χ1v) is 9.24. The van der Waals surface area contributed by atoms with Crippen molar-refractivity contribution in [2.75, 3.05) is 13.2 Å². The molecule has 6 nitrogen and oxygen atoms in total. The minimum atomic E-state index is -0.137. The first kappa shape index (κ1) is 19.5. The van der Waals surface area contributed by atoms with Gasteiger partial charge in [-0.15, -0.1) is 0 Å². The lowest BCUT2D eigenvalue weighted by molar-refractivity contribution is 0.0951. The van der Waals surface area contributed by atoms with Gasteiger partial charge in [-0.25, -0.2) is 0 Å². The molecule has 3 rings (SSSR count). The summed E-state index contributed by atoms with van der Waals surface area (Å²) in [5.74, 6) is 2.06. The lowest BCUT2D eigenvalue weighted by atomic mass is 10.2. The molecule has 0 saturated carbocycles. The van der Waals surface area contributed by atoms with Gasteiger partial charge in [-0.2, -0.15) is 0 Å². The second kappa shape index (κ2) is 9.60. The van der Waals surface area contributed by atoms with Crippen LogP contribution in [0.1, 0.15) is 33.8 Å². The predicted molar refractivity (Wildman–Crippen MR) is 106 cm³/mol. The number of hydrogen-bond donors (Lipinski definition) is 1. The number of nitrogens with zero attached hydrogens (tertiary/aromatic N) is 1. The van der Waals surface area contributed by atoms with E-state index in [0.29, 0.717) is 31.1 Å². The molecule has 0 aliphatic heterocycles. The third-order valence-electron chi connectivity index (χ3n) is 4.28. The molecule has 6 heteroatoms. The van der Waals surface area contributed by atoms with Crippen LogP contribution >= 0.6 is 0 Å². The van der Waals surface area contributed by atoms with Crippen LogP contribution in [0.3, 0.4) is 0 Å². The quantitative estimate of drug-likeness (QED) is 0.567. The standard InChI is InChI=1S/C22H24N2O4/c1-16-21(17(2)28-24-16)15-27-20-11-6-8-18(14-20)22(25)23-12-7-13-26-19-9-4-3-5-10-19/h3-6,8-11,14H,7,12-13,15H2,1-2H3,(H,23,25). The van der Waals surface area contributed by atoms with Gasteiger partial charge in [0, 0.05) is 12.1 Å². The second-order valence-corrected chi connectivity index (χ2v) is 6.39. The van der Waals surface area contributed by atoms with Crippen LogP contribution in [0, 0.1) is 13.8 Å². The number of nitrogens with one attached hydrogen (secondary N) is 1. The number of carbonyl (C=O) groups excluding carboxylic acids is 1. The van der Waals surface area contributed by atoms with E-state index < -0.39 is 0 Å². The average Bonchev–Trinajstić information content (AvgIpc) is 3.04. The zero-order valence-electron chi connectivity index (χ0n) is 16.1. The summed E-state index contributed by atoms with van der Waals surface area (Å²) in [6.07, 6.45) is 0.725. The SMILES string of the molecule is Cc1noc(C)c1COc1cccc(C(=O)NCCCOc2ccccc2)c1. The van der Waals surface area contributed by atoms with E-state index >= 15 is 0 Å². The van der Waals surface area contributed by atoms with Gasteiger partial charge in [-0.05, 0) is 50.6 Å². The van der Waals surface area contributed by atoms with Crippen molar-refractivity contribution >= 4 is 5.91 Å². The Labute approximate surface area is 164 Å². The molecule has 1 aromatic heterocycles. The molecule has 28 heavy (non-hydrogen) atoms. The summed E-state index contributed by atoms with van der Waals surface area (Å²) < 4.78 is 16.5. The topological polar surface area (TPSA) is 73.6 Å². The molecule has 0 aliphatic rings. The molecule has 0 aliphatic carbocycles. The number of aryl methyl sites for hydroxylation is 2. The van der Waals surface area contributed by atoms with Crippen molar-refractivity contribution in [1.82, 2.24) is 10.5 Å². The predicted octanol–water partition coefficient (Wildman–Crippen LogP) is 4.07. The van der Waals surface area contributed by atoms with Crippen molar-refractivity contribution in [3.8, 4) is 11.5 Å². The summed E-state index contributed by atoms with van der Waals surface area (Å²) in [5.41, 5.74) is 2.29. The highest BCUT2D eigenvalue weighted by molar-refractivity contribution is 5.94. The molecular formula is C22H24N2O4. The zero-order valence-corrected chi connectivity index (χ0v) is 16.1. The molecule has 0 saturated heterocycles. The number of para-hydroxylation sites is 1. The largest absolute Gasteiger partial charge is 0.494 e. The van der Waals surface area contributed by atoms with Crippen LogP contribution in [0.25, 0.3) is 0 Å². The van der Waals surface area contributed by atoms with Crippen LogP contribution in [0.15, 0.2) is 59.1 Å². The van der Waals surface area contributed by atoms with Crippen LogP contribution in [0.2, 0.25) is 0 Å². The van der Waals surface area contributed by atoms with Gasteiger partial charge in [-0.3, -0.25) is 4.79 Å². The highest BCUT2D eigenvalue weighted by Crippen LogP contribution is 2.18. The van der Waals surface area contributed by atoms with Gasteiger partial charge < -0.3 is 19.3 Å². The molecule has 0 atom stereocenters. The lowest BCUT2D eigenvalue weighted by Crippen LogP contribution is -2.25. The van der Waals surface area contributed by atoms with E-state index in [1.54, 1.807) is 18.2 Å². The molecule has 0 radical (unpaired) electrons. The van der Waals surface area contributed by atoms with Crippen molar-refractivity contribution in [3.63, 3.8) is 0 Å². The fourth-order valence-corrected chi connectivity index (χ4v) is 2.67. The van der Waals surface area contributed by atoms with Crippen LogP contribution in [-0.2, 0) is 6.61 Å². The van der Waals surface area contributed by atoms with E-state index in [9.17, 15) is 4.79 Å². The van der Waals surface area contributed by atoms with Crippen LogP contribution < -0.4 is 14.8 Å². The number of amides is 1. The van der Waals surface area contributed by atoms with Crippen molar-refractivity contribution in [2.24, 2.45) is 0 Å². The van der Waals surface area contributed by atoms with E-state index in [1.165, 1.54) is 0 Å². The van der Waals surface area contributed by atoms with Gasteiger partial charge >= 0.3 is 0 Å². The van der Waals surface area contributed by atoms with Crippen molar-refractivity contribution < 1.29 is 18.8 Å². The number of hydrogen-bond acceptors (Lipinski definition) is 5. The summed E-state index contributed by atoms with van der Waals surface area (Å²) in [5, 5.41) is 6.81. The number of aromatic nitrogens is 1. The monoisotopic (exact) mass is 380 g/mol. The van der Waals surface area contributed by atoms with Crippen LogP contribution in [0.4, 0.5) is 0 Å². The Morgan fingerprint density at radius 1 is 1.04 bits per heavy atom. The summed E-state index contributed by atoms with van der Waals surface area (Å²) in [6, 6.07) is 16.7. The molecule has 1 amide bonds. The van der Waals surface area contributed by atoms with E-state index in [4.69, 9.17) is 14.0 Å². The first-order chi connectivity index (χ1) is 13.6. The van der Waals surface area contributed by atoms with Gasteiger partial charge in [0.1, 0.15) is 23.9 Å². The third-order valence-corrected chi connectivity index (χ3v) is 4.28. The third kappa shape index (κ3) is 5.36. The van der Waals surface area contributed by atoms with Crippen LogP contribution in [0.5, 0.6) is 11.5 Å². The fourth-order valence-electron chi connectivity index (χ4n) is 2.67. The second-order valence-electron chi connectivity index (χ2n) is 6.39. The lowest BCUT2D eigenvalue weighted by Gasteiger charge is -2.09. The molecule has 0 unspecified atom stereocenters. The Kier molecular flexibility index (Phi) is 6.68. The van der Waals surface area contributed by atoms with Gasteiger partial charge in [-0.1, -0.05) is 29.4 Å². The number of benzene rings is 2. The Hall–Kier alpha value is -3.28. The van der Waals surface area contributed by atoms with Crippen LogP contribution in [-0.4, -0.2) is 24.2 Å². The van der Waals surface area contributed by atoms with E-state index in [2.05, 4.69) is 10.5 Å².